The van der Waals surface area contributed by atoms with E-state index in [1.54, 1.807) is 18.2 Å². The standard InChI is InChI=1S/C18H21FN2O2/c19-17-9-5-4-8-15(17)10-11-20-18(23)21-13-16(22)12-14-6-2-1-3-7-14/h1-9,16,22H,10-13H2,(H2,20,21,23). The molecular formula is C18H21FN2O2. The minimum Gasteiger partial charge on any atom is -0.391 e. The molecule has 1 atom stereocenters. The van der Waals surface area contributed by atoms with E-state index in [1.165, 1.54) is 6.07 Å². The molecule has 4 nitrogen and oxygen atoms in total. The number of carbonyl (C=O) groups excluding carboxylic acids is 1. The van der Waals surface area contributed by atoms with E-state index in [-0.39, 0.29) is 18.4 Å². The second-order valence-corrected chi connectivity index (χ2v) is 5.32. The van der Waals surface area contributed by atoms with Crippen molar-refractivity contribution in [1.82, 2.24) is 10.6 Å². The summed E-state index contributed by atoms with van der Waals surface area (Å²) < 4.78 is 13.4. The Labute approximate surface area is 135 Å². The van der Waals surface area contributed by atoms with Crippen LogP contribution in [0.1, 0.15) is 11.1 Å². The molecule has 0 saturated heterocycles. The molecule has 2 aromatic rings. The van der Waals surface area contributed by atoms with Gasteiger partial charge in [-0.25, -0.2) is 9.18 Å². The SMILES string of the molecule is O=C(NCCc1ccccc1F)NCC(O)Cc1ccccc1. The van der Waals surface area contributed by atoms with E-state index in [0.29, 0.717) is 24.9 Å². The van der Waals surface area contributed by atoms with Crippen LogP contribution < -0.4 is 10.6 Å². The Bertz CT molecular complexity index is 619. The molecule has 0 bridgehead atoms. The molecule has 0 aliphatic carbocycles. The average molecular weight is 316 g/mol. The molecule has 5 heteroatoms. The van der Waals surface area contributed by atoms with Gasteiger partial charge in [0, 0.05) is 19.5 Å². The van der Waals surface area contributed by atoms with Crippen molar-refractivity contribution in [1.29, 1.82) is 0 Å². The van der Waals surface area contributed by atoms with Crippen molar-refractivity contribution in [2.75, 3.05) is 13.1 Å². The summed E-state index contributed by atoms with van der Waals surface area (Å²) in [6, 6.07) is 15.7. The second kappa shape index (κ2) is 8.90. The molecule has 23 heavy (non-hydrogen) atoms. The molecule has 3 N–H and O–H groups in total. The van der Waals surface area contributed by atoms with Gasteiger partial charge in [-0.1, -0.05) is 48.5 Å². The quantitative estimate of drug-likeness (QED) is 0.734. The summed E-state index contributed by atoms with van der Waals surface area (Å²) in [7, 11) is 0. The van der Waals surface area contributed by atoms with E-state index >= 15 is 0 Å². The van der Waals surface area contributed by atoms with Crippen molar-refractivity contribution >= 4 is 6.03 Å². The first-order valence-electron chi connectivity index (χ1n) is 7.62. The summed E-state index contributed by atoms with van der Waals surface area (Å²) >= 11 is 0. The van der Waals surface area contributed by atoms with Gasteiger partial charge >= 0.3 is 6.03 Å². The number of aliphatic hydroxyl groups is 1. The maximum atomic E-state index is 13.4. The first kappa shape index (κ1) is 17.0. The van der Waals surface area contributed by atoms with Crippen LogP contribution >= 0.6 is 0 Å². The van der Waals surface area contributed by atoms with Gasteiger partial charge in [-0.2, -0.15) is 0 Å². The van der Waals surface area contributed by atoms with Gasteiger partial charge < -0.3 is 15.7 Å². The normalized spacial score (nSPS) is 11.7. The summed E-state index contributed by atoms with van der Waals surface area (Å²) in [4.78, 5) is 11.6. The van der Waals surface area contributed by atoms with Gasteiger partial charge in [0.05, 0.1) is 6.10 Å². The van der Waals surface area contributed by atoms with Crippen molar-refractivity contribution in [3.05, 3.63) is 71.5 Å². The molecule has 0 fully saturated rings. The first-order chi connectivity index (χ1) is 11.1. The zero-order chi connectivity index (χ0) is 16.5. The van der Waals surface area contributed by atoms with Crippen molar-refractivity contribution in [3.63, 3.8) is 0 Å². The third kappa shape index (κ3) is 6.08. The highest BCUT2D eigenvalue weighted by Gasteiger charge is 2.08. The van der Waals surface area contributed by atoms with E-state index in [9.17, 15) is 14.3 Å². The molecule has 2 aromatic carbocycles. The second-order valence-electron chi connectivity index (χ2n) is 5.32. The van der Waals surface area contributed by atoms with Gasteiger partial charge in [0.2, 0.25) is 0 Å². The highest BCUT2D eigenvalue weighted by atomic mass is 19.1. The van der Waals surface area contributed by atoms with Gasteiger partial charge in [-0.15, -0.1) is 0 Å². The Kier molecular flexibility index (Phi) is 6.56. The molecule has 122 valence electrons. The third-order valence-corrected chi connectivity index (χ3v) is 3.45. The Morgan fingerprint density at radius 2 is 1.74 bits per heavy atom. The van der Waals surface area contributed by atoms with E-state index in [0.717, 1.165) is 5.56 Å². The molecule has 0 aliphatic rings. The molecule has 0 aliphatic heterocycles. The topological polar surface area (TPSA) is 61.4 Å². The predicted octanol–water partition coefficient (Wildman–Crippen LogP) is 2.27. The summed E-state index contributed by atoms with van der Waals surface area (Å²) in [5.41, 5.74) is 1.58. The molecule has 1 unspecified atom stereocenters. The van der Waals surface area contributed by atoms with Gasteiger partial charge in [-0.3, -0.25) is 0 Å². The van der Waals surface area contributed by atoms with Gasteiger partial charge in [0.15, 0.2) is 0 Å². The van der Waals surface area contributed by atoms with E-state index in [1.807, 2.05) is 30.3 Å². The maximum Gasteiger partial charge on any atom is 0.314 e. The van der Waals surface area contributed by atoms with Crippen LogP contribution in [0.3, 0.4) is 0 Å². The molecule has 2 amide bonds. The van der Waals surface area contributed by atoms with Crippen molar-refractivity contribution in [2.24, 2.45) is 0 Å². The Morgan fingerprint density at radius 3 is 2.48 bits per heavy atom. The molecule has 0 radical (unpaired) electrons. The lowest BCUT2D eigenvalue weighted by Gasteiger charge is -2.13. The van der Waals surface area contributed by atoms with Crippen LogP contribution in [0.4, 0.5) is 9.18 Å². The van der Waals surface area contributed by atoms with E-state index in [2.05, 4.69) is 10.6 Å². The van der Waals surface area contributed by atoms with Gasteiger partial charge in [0.1, 0.15) is 5.82 Å². The number of urea groups is 1. The summed E-state index contributed by atoms with van der Waals surface area (Å²) in [5.74, 6) is -0.270. The van der Waals surface area contributed by atoms with Crippen molar-refractivity contribution in [3.8, 4) is 0 Å². The fourth-order valence-electron chi connectivity index (χ4n) is 2.24. The molecule has 0 aromatic heterocycles. The number of rotatable bonds is 7. The molecule has 0 heterocycles. The molecule has 0 spiro atoms. The van der Waals surface area contributed by atoms with Crippen LogP contribution in [0, 0.1) is 5.82 Å². The van der Waals surface area contributed by atoms with E-state index < -0.39 is 6.10 Å². The smallest absolute Gasteiger partial charge is 0.314 e. The van der Waals surface area contributed by atoms with Gasteiger partial charge in [-0.05, 0) is 23.6 Å². The van der Waals surface area contributed by atoms with Crippen LogP contribution in [0.5, 0.6) is 0 Å². The highest BCUT2D eigenvalue weighted by molar-refractivity contribution is 5.73. The lowest BCUT2D eigenvalue weighted by atomic mass is 10.1. The number of nitrogens with one attached hydrogen (secondary N) is 2. The van der Waals surface area contributed by atoms with Crippen LogP contribution in [-0.2, 0) is 12.8 Å². The maximum absolute atomic E-state index is 13.4. The summed E-state index contributed by atoms with van der Waals surface area (Å²) in [5, 5.41) is 15.2. The van der Waals surface area contributed by atoms with Crippen LogP contribution in [-0.4, -0.2) is 30.3 Å². The zero-order valence-electron chi connectivity index (χ0n) is 12.8. The largest absolute Gasteiger partial charge is 0.391 e. The van der Waals surface area contributed by atoms with E-state index in [4.69, 9.17) is 0 Å². The number of hydrogen-bond donors (Lipinski definition) is 3. The van der Waals surface area contributed by atoms with Crippen LogP contribution in [0.2, 0.25) is 0 Å². The molecular weight excluding hydrogens is 295 g/mol. The van der Waals surface area contributed by atoms with Crippen molar-refractivity contribution < 1.29 is 14.3 Å². The van der Waals surface area contributed by atoms with Crippen LogP contribution in [0.25, 0.3) is 0 Å². The minimum atomic E-state index is -0.644. The molecule has 2 rings (SSSR count). The predicted molar refractivity (Wildman–Crippen MR) is 87.7 cm³/mol. The first-order valence-corrected chi connectivity index (χ1v) is 7.62. The fraction of sp³-hybridized carbons (Fsp3) is 0.278. The summed E-state index contributed by atoms with van der Waals surface area (Å²) in [6.07, 6.45) is 0.262. The lowest BCUT2D eigenvalue weighted by Crippen LogP contribution is -2.41. The zero-order valence-corrected chi connectivity index (χ0v) is 12.8. The number of carbonyl (C=O) groups is 1. The number of halogens is 1. The van der Waals surface area contributed by atoms with Gasteiger partial charge in [0.25, 0.3) is 0 Å². The van der Waals surface area contributed by atoms with Crippen LogP contribution in [0.15, 0.2) is 54.6 Å². The fourth-order valence-corrected chi connectivity index (χ4v) is 2.24. The lowest BCUT2D eigenvalue weighted by molar-refractivity contribution is 0.170. The Morgan fingerprint density at radius 1 is 1.04 bits per heavy atom. The summed E-state index contributed by atoms with van der Waals surface area (Å²) in [6.45, 7) is 0.502. The number of hydrogen-bond acceptors (Lipinski definition) is 2. The monoisotopic (exact) mass is 316 g/mol. The minimum absolute atomic E-state index is 0.167. The number of benzene rings is 2. The number of amides is 2. The third-order valence-electron chi connectivity index (χ3n) is 3.45. The Hall–Kier alpha value is -2.40. The molecule has 0 saturated carbocycles. The van der Waals surface area contributed by atoms with Crippen molar-refractivity contribution in [2.45, 2.75) is 18.9 Å². The average Bonchev–Trinajstić information content (AvgIpc) is 2.56. The number of aliphatic hydroxyl groups excluding tert-OH is 1. The Balaban J connectivity index is 1.64. The highest BCUT2D eigenvalue weighted by Crippen LogP contribution is 2.06.